The number of rotatable bonds is 5. The van der Waals surface area contributed by atoms with Crippen LogP contribution in [0.5, 0.6) is 0 Å². The molecule has 1 aliphatic heterocycles. The number of ketones is 1. The maximum absolute atomic E-state index is 11.9. The summed E-state index contributed by atoms with van der Waals surface area (Å²) in [5.74, 6) is -1.49. The third kappa shape index (κ3) is 2.65. The summed E-state index contributed by atoms with van der Waals surface area (Å²) in [4.78, 5) is 22.6. The van der Waals surface area contributed by atoms with Gasteiger partial charge in [0.2, 0.25) is 10.0 Å². The first-order valence-electron chi connectivity index (χ1n) is 5.44. The first-order valence-corrected chi connectivity index (χ1v) is 6.92. The molecule has 0 bridgehead atoms. The molecule has 0 fully saturated rings. The molecule has 1 aromatic carbocycles. The van der Waals surface area contributed by atoms with Gasteiger partial charge in [-0.25, -0.2) is 13.1 Å². The van der Waals surface area contributed by atoms with Crippen LogP contribution in [0.15, 0.2) is 23.1 Å². The van der Waals surface area contributed by atoms with Gasteiger partial charge in [-0.15, -0.1) is 0 Å². The van der Waals surface area contributed by atoms with Gasteiger partial charge < -0.3 is 10.1 Å². The Morgan fingerprint density at radius 2 is 2.05 bits per heavy atom. The lowest BCUT2D eigenvalue weighted by atomic mass is 10.1. The number of Topliss-reactive ketones (excluding diaryl/α,β-unsaturated/α-hetero) is 1. The molecule has 0 aromatic heterocycles. The van der Waals surface area contributed by atoms with E-state index in [1.165, 1.54) is 25.3 Å². The number of anilines is 1. The van der Waals surface area contributed by atoms with E-state index < -0.39 is 21.7 Å². The minimum absolute atomic E-state index is 0.0628. The molecule has 102 valence electrons. The predicted molar refractivity (Wildman–Crippen MR) is 66.5 cm³/mol. The topological polar surface area (TPSA) is 102 Å². The van der Waals surface area contributed by atoms with Gasteiger partial charge in [0.25, 0.3) is 11.7 Å². The van der Waals surface area contributed by atoms with Gasteiger partial charge in [0, 0.05) is 13.7 Å². The Labute approximate surface area is 110 Å². The molecule has 0 unspecified atom stereocenters. The number of hydrogen-bond acceptors (Lipinski definition) is 5. The number of ether oxygens (including phenoxy) is 1. The molecule has 1 amide bonds. The van der Waals surface area contributed by atoms with Crippen LogP contribution in [-0.4, -0.2) is 40.4 Å². The van der Waals surface area contributed by atoms with Crippen molar-refractivity contribution in [2.45, 2.75) is 4.90 Å². The molecular formula is C11H12N2O5S. The summed E-state index contributed by atoms with van der Waals surface area (Å²) in [6.07, 6.45) is 0. The van der Waals surface area contributed by atoms with Crippen molar-refractivity contribution >= 4 is 27.4 Å². The average Bonchev–Trinajstić information content (AvgIpc) is 2.65. The average molecular weight is 284 g/mol. The Kier molecular flexibility index (Phi) is 3.65. The Balaban J connectivity index is 2.28. The van der Waals surface area contributed by atoms with Crippen LogP contribution in [-0.2, 0) is 19.6 Å². The highest BCUT2D eigenvalue weighted by Gasteiger charge is 2.29. The molecule has 0 aliphatic carbocycles. The molecular weight excluding hydrogens is 272 g/mol. The van der Waals surface area contributed by atoms with Crippen molar-refractivity contribution in [2.24, 2.45) is 0 Å². The normalized spacial score (nSPS) is 14.4. The van der Waals surface area contributed by atoms with E-state index in [1.54, 1.807) is 0 Å². The van der Waals surface area contributed by atoms with E-state index in [0.717, 1.165) is 0 Å². The number of carbonyl (C=O) groups is 2. The summed E-state index contributed by atoms with van der Waals surface area (Å²) in [7, 11) is -2.26. The van der Waals surface area contributed by atoms with Gasteiger partial charge in [0.1, 0.15) is 0 Å². The maximum Gasteiger partial charge on any atom is 0.296 e. The van der Waals surface area contributed by atoms with Gasteiger partial charge in [0.05, 0.1) is 22.8 Å². The van der Waals surface area contributed by atoms with Gasteiger partial charge in [-0.3, -0.25) is 9.59 Å². The van der Waals surface area contributed by atoms with E-state index in [4.69, 9.17) is 4.74 Å². The van der Waals surface area contributed by atoms with E-state index >= 15 is 0 Å². The Hall–Kier alpha value is -1.77. The summed E-state index contributed by atoms with van der Waals surface area (Å²) >= 11 is 0. The minimum Gasteiger partial charge on any atom is -0.383 e. The summed E-state index contributed by atoms with van der Waals surface area (Å²) in [5, 5.41) is 2.35. The fourth-order valence-electron chi connectivity index (χ4n) is 1.65. The van der Waals surface area contributed by atoms with Crippen LogP contribution >= 0.6 is 0 Å². The quantitative estimate of drug-likeness (QED) is 0.573. The molecule has 1 heterocycles. The van der Waals surface area contributed by atoms with Crippen molar-refractivity contribution in [1.82, 2.24) is 4.72 Å². The zero-order chi connectivity index (χ0) is 14.0. The molecule has 0 atom stereocenters. The van der Waals surface area contributed by atoms with Crippen LogP contribution in [0.3, 0.4) is 0 Å². The fourth-order valence-corrected chi connectivity index (χ4v) is 2.69. The molecule has 1 aromatic rings. The number of sulfonamides is 1. The van der Waals surface area contributed by atoms with Gasteiger partial charge in [-0.2, -0.15) is 0 Å². The SMILES string of the molecule is COCCNS(=O)(=O)c1ccc2c(c1)C(=O)C(=O)N2. The number of fused-ring (bicyclic) bond motifs is 1. The zero-order valence-electron chi connectivity index (χ0n) is 10.1. The highest BCUT2D eigenvalue weighted by Crippen LogP contribution is 2.25. The van der Waals surface area contributed by atoms with Crippen molar-refractivity contribution in [3.63, 3.8) is 0 Å². The van der Waals surface area contributed by atoms with Gasteiger partial charge in [-0.1, -0.05) is 0 Å². The predicted octanol–water partition coefficient (Wildman–Crippen LogP) is -0.254. The van der Waals surface area contributed by atoms with Crippen molar-refractivity contribution in [3.05, 3.63) is 23.8 Å². The number of benzene rings is 1. The van der Waals surface area contributed by atoms with E-state index in [-0.39, 0.29) is 23.6 Å². The largest absolute Gasteiger partial charge is 0.383 e. The summed E-state index contributed by atoms with van der Waals surface area (Å²) < 4.78 is 30.9. The number of amides is 1. The number of methoxy groups -OCH3 is 1. The van der Waals surface area contributed by atoms with Crippen LogP contribution in [0.2, 0.25) is 0 Å². The summed E-state index contributed by atoms with van der Waals surface area (Å²) in [6, 6.07) is 3.90. The third-order valence-corrected chi connectivity index (χ3v) is 4.06. The van der Waals surface area contributed by atoms with E-state index in [0.29, 0.717) is 5.69 Å². The smallest absolute Gasteiger partial charge is 0.296 e. The minimum atomic E-state index is -3.72. The third-order valence-electron chi connectivity index (χ3n) is 2.60. The van der Waals surface area contributed by atoms with Gasteiger partial charge >= 0.3 is 0 Å². The molecule has 0 radical (unpaired) electrons. The Bertz CT molecular complexity index is 638. The molecule has 7 nitrogen and oxygen atoms in total. The van der Waals surface area contributed by atoms with Crippen LogP contribution in [0.25, 0.3) is 0 Å². The van der Waals surface area contributed by atoms with Crippen LogP contribution in [0.1, 0.15) is 10.4 Å². The van der Waals surface area contributed by atoms with E-state index in [9.17, 15) is 18.0 Å². The summed E-state index contributed by atoms with van der Waals surface area (Å²) in [6.45, 7) is 0.365. The molecule has 19 heavy (non-hydrogen) atoms. The first-order chi connectivity index (χ1) is 8.95. The lowest BCUT2D eigenvalue weighted by Gasteiger charge is -2.07. The fraction of sp³-hybridized carbons (Fsp3) is 0.273. The highest BCUT2D eigenvalue weighted by molar-refractivity contribution is 7.89. The van der Waals surface area contributed by atoms with Gasteiger partial charge in [0.15, 0.2) is 0 Å². The molecule has 0 spiro atoms. The highest BCUT2D eigenvalue weighted by atomic mass is 32.2. The second-order valence-corrected chi connectivity index (χ2v) is 5.65. The van der Waals surface area contributed by atoms with Crippen molar-refractivity contribution in [2.75, 3.05) is 25.6 Å². The van der Waals surface area contributed by atoms with Crippen LogP contribution < -0.4 is 10.0 Å². The second kappa shape index (κ2) is 5.08. The number of carbonyl (C=O) groups excluding carboxylic acids is 2. The van der Waals surface area contributed by atoms with Crippen LogP contribution in [0, 0.1) is 0 Å². The molecule has 2 rings (SSSR count). The second-order valence-electron chi connectivity index (χ2n) is 3.88. The standard InChI is InChI=1S/C11H12N2O5S/c1-18-5-4-12-19(16,17)7-2-3-9-8(6-7)10(14)11(15)13-9/h2-3,6,12H,4-5H2,1H3,(H,13,14,15). The molecule has 1 aliphatic rings. The molecule has 8 heteroatoms. The zero-order valence-corrected chi connectivity index (χ0v) is 10.9. The Morgan fingerprint density at radius 3 is 2.74 bits per heavy atom. The van der Waals surface area contributed by atoms with Crippen molar-refractivity contribution < 1.29 is 22.7 Å². The monoisotopic (exact) mass is 284 g/mol. The van der Waals surface area contributed by atoms with E-state index in [2.05, 4.69) is 10.0 Å². The molecule has 0 saturated carbocycles. The Morgan fingerprint density at radius 1 is 1.32 bits per heavy atom. The lowest BCUT2D eigenvalue weighted by Crippen LogP contribution is -2.27. The first kappa shape index (κ1) is 13.7. The van der Waals surface area contributed by atoms with Crippen molar-refractivity contribution in [1.29, 1.82) is 0 Å². The maximum atomic E-state index is 11.9. The summed E-state index contributed by atoms with van der Waals surface area (Å²) in [5.41, 5.74) is 0.394. The van der Waals surface area contributed by atoms with E-state index in [1.807, 2.05) is 0 Å². The lowest BCUT2D eigenvalue weighted by molar-refractivity contribution is -0.112. The van der Waals surface area contributed by atoms with Gasteiger partial charge in [-0.05, 0) is 18.2 Å². The molecule has 2 N–H and O–H groups in total. The number of hydrogen-bond donors (Lipinski definition) is 2. The molecule has 0 saturated heterocycles. The number of nitrogens with one attached hydrogen (secondary N) is 2. The van der Waals surface area contributed by atoms with Crippen molar-refractivity contribution in [3.8, 4) is 0 Å². The van der Waals surface area contributed by atoms with Crippen LogP contribution in [0.4, 0.5) is 5.69 Å².